The van der Waals surface area contributed by atoms with Gasteiger partial charge in [0.1, 0.15) is 11.3 Å². The van der Waals surface area contributed by atoms with E-state index in [1.54, 1.807) is 7.05 Å². The molecule has 5 heteroatoms. The Balaban J connectivity index is 1.58. The molecule has 1 aliphatic rings. The number of para-hydroxylation sites is 1. The first-order valence-electron chi connectivity index (χ1n) is 7.70. The van der Waals surface area contributed by atoms with Crippen LogP contribution in [0.3, 0.4) is 0 Å². The number of benzene rings is 1. The van der Waals surface area contributed by atoms with Crippen molar-refractivity contribution < 1.29 is 14.3 Å². The second-order valence-electron chi connectivity index (χ2n) is 6.09. The van der Waals surface area contributed by atoms with Gasteiger partial charge in [-0.25, -0.2) is 4.79 Å². The van der Waals surface area contributed by atoms with Gasteiger partial charge in [0.05, 0.1) is 12.6 Å². The zero-order valence-corrected chi connectivity index (χ0v) is 13.0. The third-order valence-electron chi connectivity index (χ3n) is 4.32. The van der Waals surface area contributed by atoms with E-state index in [-0.39, 0.29) is 6.03 Å². The second kappa shape index (κ2) is 6.01. The van der Waals surface area contributed by atoms with Crippen molar-refractivity contribution >= 4 is 17.0 Å². The zero-order valence-electron chi connectivity index (χ0n) is 13.0. The summed E-state index contributed by atoms with van der Waals surface area (Å²) in [6.07, 6.45) is 1.72. The SMILES string of the molecule is Cc1c(CNC(=O)N(C)CC(O)C2CC2)oc2ccccc12. The van der Waals surface area contributed by atoms with Gasteiger partial charge in [-0.05, 0) is 31.7 Å². The summed E-state index contributed by atoms with van der Waals surface area (Å²) in [5.41, 5.74) is 1.89. The fourth-order valence-electron chi connectivity index (χ4n) is 2.68. The summed E-state index contributed by atoms with van der Waals surface area (Å²) >= 11 is 0. The molecule has 1 aromatic heterocycles. The molecular formula is C17H22N2O3. The smallest absolute Gasteiger partial charge is 0.317 e. The van der Waals surface area contributed by atoms with Crippen molar-refractivity contribution in [1.82, 2.24) is 10.2 Å². The second-order valence-corrected chi connectivity index (χ2v) is 6.09. The Labute approximate surface area is 129 Å². The van der Waals surface area contributed by atoms with Crippen LogP contribution in [0.4, 0.5) is 4.79 Å². The van der Waals surface area contributed by atoms with Crippen LogP contribution in [0.15, 0.2) is 28.7 Å². The van der Waals surface area contributed by atoms with Crippen LogP contribution >= 0.6 is 0 Å². The van der Waals surface area contributed by atoms with Gasteiger partial charge in [0.2, 0.25) is 0 Å². The monoisotopic (exact) mass is 302 g/mol. The lowest BCUT2D eigenvalue weighted by atomic mass is 10.1. The molecule has 5 nitrogen and oxygen atoms in total. The van der Waals surface area contributed by atoms with E-state index in [9.17, 15) is 9.90 Å². The van der Waals surface area contributed by atoms with Gasteiger partial charge in [-0.3, -0.25) is 0 Å². The number of aryl methyl sites for hydroxylation is 1. The number of aliphatic hydroxyl groups excluding tert-OH is 1. The van der Waals surface area contributed by atoms with Gasteiger partial charge in [0, 0.05) is 24.5 Å². The maximum Gasteiger partial charge on any atom is 0.317 e. The van der Waals surface area contributed by atoms with Crippen LogP contribution in [0.2, 0.25) is 0 Å². The van der Waals surface area contributed by atoms with Crippen LogP contribution < -0.4 is 5.32 Å². The average Bonchev–Trinajstić information content (AvgIpc) is 3.31. The molecule has 2 aromatic rings. The van der Waals surface area contributed by atoms with Crippen LogP contribution in [-0.2, 0) is 6.54 Å². The normalized spacial score (nSPS) is 15.8. The van der Waals surface area contributed by atoms with Crippen LogP contribution in [0.25, 0.3) is 11.0 Å². The Bertz CT molecular complexity index is 676. The molecule has 22 heavy (non-hydrogen) atoms. The summed E-state index contributed by atoms with van der Waals surface area (Å²) in [6.45, 7) is 2.71. The van der Waals surface area contributed by atoms with E-state index in [2.05, 4.69) is 5.32 Å². The molecule has 2 amide bonds. The summed E-state index contributed by atoms with van der Waals surface area (Å²) < 4.78 is 5.78. The molecule has 0 bridgehead atoms. The van der Waals surface area contributed by atoms with Crippen molar-refractivity contribution in [3.63, 3.8) is 0 Å². The molecule has 1 aliphatic carbocycles. The topological polar surface area (TPSA) is 65.7 Å². The van der Waals surface area contributed by atoms with E-state index in [0.717, 1.165) is 35.1 Å². The first-order chi connectivity index (χ1) is 10.6. The predicted molar refractivity (Wildman–Crippen MR) is 84.5 cm³/mol. The first kappa shape index (κ1) is 14.9. The number of amides is 2. The Morgan fingerprint density at radius 3 is 2.86 bits per heavy atom. The number of urea groups is 1. The minimum Gasteiger partial charge on any atom is -0.459 e. The highest BCUT2D eigenvalue weighted by Gasteiger charge is 2.31. The number of furan rings is 1. The maximum absolute atomic E-state index is 12.1. The van der Waals surface area contributed by atoms with Gasteiger partial charge in [0.15, 0.2) is 0 Å². The van der Waals surface area contributed by atoms with Crippen molar-refractivity contribution in [2.75, 3.05) is 13.6 Å². The van der Waals surface area contributed by atoms with Crippen LogP contribution in [-0.4, -0.2) is 35.7 Å². The number of likely N-dealkylation sites (N-methyl/N-ethyl adjacent to an activating group) is 1. The van der Waals surface area contributed by atoms with Crippen molar-refractivity contribution in [1.29, 1.82) is 0 Å². The Kier molecular flexibility index (Phi) is 4.07. The number of aliphatic hydroxyl groups is 1. The molecule has 1 atom stereocenters. The Hall–Kier alpha value is -2.01. The highest BCUT2D eigenvalue weighted by molar-refractivity contribution is 5.82. The minimum absolute atomic E-state index is 0.195. The molecule has 3 rings (SSSR count). The van der Waals surface area contributed by atoms with Gasteiger partial charge in [-0.15, -0.1) is 0 Å². The zero-order chi connectivity index (χ0) is 15.7. The van der Waals surface area contributed by atoms with E-state index < -0.39 is 6.10 Å². The highest BCUT2D eigenvalue weighted by atomic mass is 16.3. The molecule has 1 saturated carbocycles. The van der Waals surface area contributed by atoms with Gasteiger partial charge in [-0.2, -0.15) is 0 Å². The lowest BCUT2D eigenvalue weighted by molar-refractivity contribution is 0.113. The minimum atomic E-state index is -0.413. The van der Waals surface area contributed by atoms with Crippen molar-refractivity contribution in [2.45, 2.75) is 32.4 Å². The predicted octanol–water partition coefficient (Wildman–Crippen LogP) is 2.65. The third-order valence-corrected chi connectivity index (χ3v) is 4.32. The summed E-state index contributed by atoms with van der Waals surface area (Å²) in [4.78, 5) is 13.6. The Morgan fingerprint density at radius 1 is 1.45 bits per heavy atom. The van der Waals surface area contributed by atoms with Crippen LogP contribution in [0.1, 0.15) is 24.2 Å². The molecule has 2 N–H and O–H groups in total. The summed E-state index contributed by atoms with van der Waals surface area (Å²) in [5.74, 6) is 1.14. The number of carbonyl (C=O) groups excluding carboxylic acids is 1. The number of nitrogens with zero attached hydrogens (tertiary/aromatic N) is 1. The molecule has 0 radical (unpaired) electrons. The van der Waals surface area contributed by atoms with E-state index in [1.165, 1.54) is 4.90 Å². The molecule has 0 aliphatic heterocycles. The maximum atomic E-state index is 12.1. The third kappa shape index (κ3) is 3.09. The van der Waals surface area contributed by atoms with Crippen molar-refractivity contribution in [3.05, 3.63) is 35.6 Å². The van der Waals surface area contributed by atoms with Gasteiger partial charge in [-0.1, -0.05) is 18.2 Å². The van der Waals surface area contributed by atoms with E-state index in [1.807, 2.05) is 31.2 Å². The standard InChI is InChI=1S/C17H22N2O3/c1-11-13-5-3-4-6-15(13)22-16(11)9-18-17(21)19(2)10-14(20)12-7-8-12/h3-6,12,14,20H,7-10H2,1-2H3,(H,18,21). The molecular weight excluding hydrogens is 280 g/mol. The molecule has 0 spiro atoms. The van der Waals surface area contributed by atoms with Gasteiger partial charge >= 0.3 is 6.03 Å². The fraction of sp³-hybridized carbons (Fsp3) is 0.471. The summed E-state index contributed by atoms with van der Waals surface area (Å²) in [7, 11) is 1.70. The van der Waals surface area contributed by atoms with E-state index in [0.29, 0.717) is 19.0 Å². The largest absolute Gasteiger partial charge is 0.459 e. The molecule has 118 valence electrons. The first-order valence-corrected chi connectivity index (χ1v) is 7.70. The number of rotatable bonds is 5. The molecule has 1 aromatic carbocycles. The molecule has 1 heterocycles. The average molecular weight is 302 g/mol. The van der Waals surface area contributed by atoms with Crippen LogP contribution in [0, 0.1) is 12.8 Å². The number of hydrogen-bond acceptors (Lipinski definition) is 3. The Morgan fingerprint density at radius 2 is 2.18 bits per heavy atom. The van der Waals surface area contributed by atoms with Crippen molar-refractivity contribution in [3.8, 4) is 0 Å². The van der Waals surface area contributed by atoms with E-state index >= 15 is 0 Å². The lowest BCUT2D eigenvalue weighted by Gasteiger charge is -2.21. The fourth-order valence-corrected chi connectivity index (χ4v) is 2.68. The number of hydrogen-bond donors (Lipinski definition) is 2. The van der Waals surface area contributed by atoms with Crippen molar-refractivity contribution in [2.24, 2.45) is 5.92 Å². The summed E-state index contributed by atoms with van der Waals surface area (Å²) in [5, 5.41) is 13.8. The van der Waals surface area contributed by atoms with E-state index in [4.69, 9.17) is 4.42 Å². The van der Waals surface area contributed by atoms with Crippen LogP contribution in [0.5, 0.6) is 0 Å². The number of nitrogens with one attached hydrogen (secondary N) is 1. The number of carbonyl (C=O) groups is 1. The van der Waals surface area contributed by atoms with Gasteiger partial charge < -0.3 is 19.7 Å². The number of fused-ring (bicyclic) bond motifs is 1. The lowest BCUT2D eigenvalue weighted by Crippen LogP contribution is -2.41. The quantitative estimate of drug-likeness (QED) is 0.892. The molecule has 1 unspecified atom stereocenters. The highest BCUT2D eigenvalue weighted by Crippen LogP contribution is 2.32. The molecule has 1 fully saturated rings. The van der Waals surface area contributed by atoms with Gasteiger partial charge in [0.25, 0.3) is 0 Å². The molecule has 0 saturated heterocycles. The summed E-state index contributed by atoms with van der Waals surface area (Å²) in [6, 6.07) is 7.64.